The molecule has 1 amide bonds. The van der Waals surface area contributed by atoms with Crippen molar-refractivity contribution in [3.63, 3.8) is 0 Å². The predicted octanol–water partition coefficient (Wildman–Crippen LogP) is 4.03. The van der Waals surface area contributed by atoms with Gasteiger partial charge in [-0.25, -0.2) is 4.98 Å². The van der Waals surface area contributed by atoms with Crippen molar-refractivity contribution in [1.29, 1.82) is 0 Å². The van der Waals surface area contributed by atoms with E-state index >= 15 is 0 Å². The normalized spacial score (nSPS) is 11.2. The molecule has 1 aromatic carbocycles. The van der Waals surface area contributed by atoms with E-state index in [1.165, 1.54) is 21.3 Å². The highest BCUT2D eigenvalue weighted by atomic mass is 32.1. The Balaban J connectivity index is 1.73. The van der Waals surface area contributed by atoms with Crippen molar-refractivity contribution in [3.8, 4) is 0 Å². The molecular weight excluding hydrogens is 346 g/mol. The summed E-state index contributed by atoms with van der Waals surface area (Å²) in [6.45, 7) is 4.00. The molecule has 3 heterocycles. The fourth-order valence-corrected chi connectivity index (χ4v) is 3.80. The zero-order valence-corrected chi connectivity index (χ0v) is 15.3. The number of fused-ring (bicyclic) bond motifs is 2. The van der Waals surface area contributed by atoms with Crippen molar-refractivity contribution < 1.29 is 4.79 Å². The van der Waals surface area contributed by atoms with Crippen LogP contribution < -0.4 is 10.9 Å². The molecule has 4 rings (SSSR count). The number of carbonyl (C=O) groups is 1. The predicted molar refractivity (Wildman–Crippen MR) is 105 cm³/mol. The number of nitrogens with one attached hydrogen (secondary N) is 1. The quantitative estimate of drug-likeness (QED) is 0.598. The molecular formula is C20H17N3O2S. The van der Waals surface area contributed by atoms with E-state index in [1.54, 1.807) is 12.3 Å². The van der Waals surface area contributed by atoms with Crippen LogP contribution in [-0.2, 0) is 6.42 Å². The van der Waals surface area contributed by atoms with Crippen molar-refractivity contribution in [1.82, 2.24) is 9.38 Å². The standard InChI is InChI=1S/C20H17N3O2S/c1-3-13-6-8-14(9-7-13)21-18(24)16-11-15-19(26-16)22-17-12(2)5-4-10-23(17)20(15)25/h4-11H,3H2,1-2H3,(H,21,24). The molecule has 0 aliphatic carbocycles. The van der Waals surface area contributed by atoms with Crippen molar-refractivity contribution >= 4 is 38.8 Å². The molecule has 0 radical (unpaired) electrons. The maximum atomic E-state index is 12.7. The third-order valence-electron chi connectivity index (χ3n) is 4.38. The molecule has 1 N–H and O–H groups in total. The summed E-state index contributed by atoms with van der Waals surface area (Å²) in [5.41, 5.74) is 3.33. The van der Waals surface area contributed by atoms with E-state index in [2.05, 4.69) is 17.2 Å². The maximum absolute atomic E-state index is 12.7. The minimum Gasteiger partial charge on any atom is -0.321 e. The van der Waals surface area contributed by atoms with Gasteiger partial charge in [-0.1, -0.05) is 25.1 Å². The van der Waals surface area contributed by atoms with Crippen LogP contribution in [0.5, 0.6) is 0 Å². The topological polar surface area (TPSA) is 63.5 Å². The highest BCUT2D eigenvalue weighted by Crippen LogP contribution is 2.24. The van der Waals surface area contributed by atoms with Gasteiger partial charge in [0.25, 0.3) is 11.5 Å². The number of hydrogen-bond acceptors (Lipinski definition) is 4. The number of benzene rings is 1. The van der Waals surface area contributed by atoms with Crippen LogP contribution in [0.4, 0.5) is 5.69 Å². The SMILES string of the molecule is CCc1ccc(NC(=O)c2cc3c(=O)n4cccc(C)c4nc3s2)cc1. The molecule has 0 fully saturated rings. The summed E-state index contributed by atoms with van der Waals surface area (Å²) in [5, 5.41) is 3.34. The Hall–Kier alpha value is -2.99. The fourth-order valence-electron chi connectivity index (χ4n) is 2.89. The Labute approximate surface area is 153 Å². The van der Waals surface area contributed by atoms with Crippen LogP contribution in [0.1, 0.15) is 27.7 Å². The molecule has 3 aromatic heterocycles. The molecule has 0 bridgehead atoms. The number of carbonyl (C=O) groups excluding carboxylic acids is 1. The largest absolute Gasteiger partial charge is 0.321 e. The highest BCUT2D eigenvalue weighted by molar-refractivity contribution is 7.20. The van der Waals surface area contributed by atoms with E-state index in [1.807, 2.05) is 43.3 Å². The Kier molecular flexibility index (Phi) is 4.05. The van der Waals surface area contributed by atoms with Gasteiger partial charge in [0, 0.05) is 11.9 Å². The number of anilines is 1. The van der Waals surface area contributed by atoms with Crippen LogP contribution in [-0.4, -0.2) is 15.3 Å². The number of rotatable bonds is 3. The molecule has 0 spiro atoms. The van der Waals surface area contributed by atoms with Gasteiger partial charge in [-0.15, -0.1) is 11.3 Å². The van der Waals surface area contributed by atoms with Crippen LogP contribution in [0.3, 0.4) is 0 Å². The molecule has 130 valence electrons. The summed E-state index contributed by atoms with van der Waals surface area (Å²) in [4.78, 5) is 30.9. The van der Waals surface area contributed by atoms with Crippen LogP contribution in [0, 0.1) is 6.92 Å². The minimum absolute atomic E-state index is 0.156. The summed E-state index contributed by atoms with van der Waals surface area (Å²) in [6, 6.07) is 13.1. The van der Waals surface area contributed by atoms with Gasteiger partial charge >= 0.3 is 0 Å². The summed E-state index contributed by atoms with van der Waals surface area (Å²) in [5.74, 6) is -0.234. The minimum atomic E-state index is -0.234. The first kappa shape index (κ1) is 16.5. The zero-order valence-electron chi connectivity index (χ0n) is 14.4. The van der Waals surface area contributed by atoms with Crippen molar-refractivity contribution in [2.45, 2.75) is 20.3 Å². The van der Waals surface area contributed by atoms with Crippen LogP contribution in [0.2, 0.25) is 0 Å². The summed E-state index contributed by atoms with van der Waals surface area (Å²) >= 11 is 1.23. The summed E-state index contributed by atoms with van der Waals surface area (Å²) in [6.07, 6.45) is 2.65. The van der Waals surface area contributed by atoms with Gasteiger partial charge < -0.3 is 5.32 Å². The number of hydrogen-bond donors (Lipinski definition) is 1. The molecule has 6 heteroatoms. The average molecular weight is 363 g/mol. The first-order chi connectivity index (χ1) is 12.6. The smallest absolute Gasteiger partial charge is 0.266 e. The number of pyridine rings is 1. The lowest BCUT2D eigenvalue weighted by Gasteiger charge is -2.04. The van der Waals surface area contributed by atoms with Gasteiger partial charge in [0.15, 0.2) is 0 Å². The highest BCUT2D eigenvalue weighted by Gasteiger charge is 2.15. The van der Waals surface area contributed by atoms with Gasteiger partial charge in [0.1, 0.15) is 10.5 Å². The van der Waals surface area contributed by atoms with Gasteiger partial charge in [0.2, 0.25) is 0 Å². The molecule has 0 atom stereocenters. The molecule has 0 aliphatic heterocycles. The van der Waals surface area contributed by atoms with E-state index in [4.69, 9.17) is 0 Å². The monoisotopic (exact) mass is 363 g/mol. The number of amides is 1. The molecule has 26 heavy (non-hydrogen) atoms. The van der Waals surface area contributed by atoms with Gasteiger partial charge in [-0.05, 0) is 48.7 Å². The Bertz CT molecular complexity index is 1190. The summed E-state index contributed by atoms with van der Waals surface area (Å²) in [7, 11) is 0. The number of aromatic nitrogens is 2. The molecule has 0 saturated heterocycles. The van der Waals surface area contributed by atoms with E-state index in [9.17, 15) is 9.59 Å². The maximum Gasteiger partial charge on any atom is 0.266 e. The molecule has 0 aliphatic rings. The number of aryl methyl sites for hydroxylation is 2. The lowest BCUT2D eigenvalue weighted by atomic mass is 10.1. The van der Waals surface area contributed by atoms with E-state index in [0.29, 0.717) is 20.7 Å². The average Bonchev–Trinajstić information content (AvgIpc) is 3.08. The Morgan fingerprint density at radius 2 is 2.00 bits per heavy atom. The lowest BCUT2D eigenvalue weighted by Crippen LogP contribution is -2.14. The third kappa shape index (κ3) is 2.78. The number of thiophene rings is 1. The van der Waals surface area contributed by atoms with Crippen molar-refractivity contribution in [2.75, 3.05) is 5.32 Å². The molecule has 0 saturated carbocycles. The van der Waals surface area contributed by atoms with Gasteiger partial charge in [-0.2, -0.15) is 0 Å². The Morgan fingerprint density at radius 1 is 1.23 bits per heavy atom. The van der Waals surface area contributed by atoms with Crippen LogP contribution >= 0.6 is 11.3 Å². The second-order valence-corrected chi connectivity index (χ2v) is 7.17. The van der Waals surface area contributed by atoms with Crippen LogP contribution in [0.15, 0.2) is 53.5 Å². The van der Waals surface area contributed by atoms with Gasteiger partial charge in [0.05, 0.1) is 10.3 Å². The first-order valence-corrected chi connectivity index (χ1v) is 9.20. The zero-order chi connectivity index (χ0) is 18.3. The van der Waals surface area contributed by atoms with Gasteiger partial charge in [-0.3, -0.25) is 14.0 Å². The third-order valence-corrected chi connectivity index (χ3v) is 5.40. The van der Waals surface area contributed by atoms with Crippen LogP contribution in [0.25, 0.3) is 15.9 Å². The second-order valence-electron chi connectivity index (χ2n) is 6.14. The lowest BCUT2D eigenvalue weighted by molar-refractivity contribution is 0.103. The Morgan fingerprint density at radius 3 is 2.73 bits per heavy atom. The molecule has 5 nitrogen and oxygen atoms in total. The summed E-state index contributed by atoms with van der Waals surface area (Å²) < 4.78 is 1.52. The molecule has 0 unspecified atom stereocenters. The number of nitrogens with zero attached hydrogens (tertiary/aromatic N) is 2. The van der Waals surface area contributed by atoms with Crippen molar-refractivity contribution in [2.24, 2.45) is 0 Å². The van der Waals surface area contributed by atoms with E-state index < -0.39 is 0 Å². The second kappa shape index (κ2) is 6.38. The van der Waals surface area contributed by atoms with Crippen molar-refractivity contribution in [3.05, 3.63) is 75.0 Å². The van der Waals surface area contributed by atoms with E-state index in [-0.39, 0.29) is 11.5 Å². The molecule has 4 aromatic rings. The van der Waals surface area contributed by atoms with E-state index in [0.717, 1.165) is 17.7 Å². The first-order valence-electron chi connectivity index (χ1n) is 8.38. The fraction of sp³-hybridized carbons (Fsp3) is 0.150.